The lowest BCUT2D eigenvalue weighted by molar-refractivity contribution is 0.557. The van der Waals surface area contributed by atoms with Crippen LogP contribution in [0.4, 0.5) is 0 Å². The highest BCUT2D eigenvalue weighted by molar-refractivity contribution is 6.30. The van der Waals surface area contributed by atoms with Crippen LogP contribution >= 0.6 is 24.0 Å². The Morgan fingerprint density at radius 1 is 1.22 bits per heavy atom. The molecule has 1 N–H and O–H groups in total. The van der Waals surface area contributed by atoms with E-state index < -0.39 is 0 Å². The van der Waals surface area contributed by atoms with Gasteiger partial charge in [0.2, 0.25) is 0 Å². The molecule has 2 heterocycles. The van der Waals surface area contributed by atoms with Crippen molar-refractivity contribution in [2.24, 2.45) is 0 Å². The second-order valence-electron chi connectivity index (χ2n) is 4.23. The molecular formula is C14H14Cl2N2. The molecule has 2 nitrogen and oxygen atoms in total. The molecule has 1 aromatic heterocycles. The molecule has 4 heteroatoms. The summed E-state index contributed by atoms with van der Waals surface area (Å²) in [5, 5.41) is 4.23. The van der Waals surface area contributed by atoms with Crippen molar-refractivity contribution in [3.63, 3.8) is 0 Å². The summed E-state index contributed by atoms with van der Waals surface area (Å²) in [4.78, 5) is 4.42. The minimum atomic E-state index is 0. The number of hydrogen-bond donors (Lipinski definition) is 1. The molecule has 0 saturated carbocycles. The van der Waals surface area contributed by atoms with Crippen molar-refractivity contribution >= 4 is 24.0 Å². The van der Waals surface area contributed by atoms with E-state index in [1.807, 2.05) is 6.07 Å². The first kappa shape index (κ1) is 13.3. The second-order valence-corrected chi connectivity index (χ2v) is 4.67. The molecule has 3 rings (SSSR count). The number of rotatable bonds is 1. The van der Waals surface area contributed by atoms with Crippen LogP contribution < -0.4 is 5.32 Å². The van der Waals surface area contributed by atoms with Gasteiger partial charge in [-0.15, -0.1) is 12.4 Å². The van der Waals surface area contributed by atoms with E-state index in [-0.39, 0.29) is 18.4 Å². The summed E-state index contributed by atoms with van der Waals surface area (Å²) >= 11 is 6.02. The lowest BCUT2D eigenvalue weighted by Gasteiger charge is -2.26. The maximum absolute atomic E-state index is 6.02. The van der Waals surface area contributed by atoms with Gasteiger partial charge >= 0.3 is 0 Å². The molecule has 2 aromatic rings. The standard InChI is InChI=1S/C14H13ClN2.ClH/c15-11-6-8-16-13(9-11)14-12-4-2-1-3-10(12)5-7-17-14;/h1-4,6,8-9,14,17H,5,7H2;1H. The Labute approximate surface area is 118 Å². The third-order valence-electron chi connectivity index (χ3n) is 3.15. The van der Waals surface area contributed by atoms with Gasteiger partial charge in [-0.1, -0.05) is 35.9 Å². The summed E-state index contributed by atoms with van der Waals surface area (Å²) in [6, 6.07) is 12.4. The average Bonchev–Trinajstić information content (AvgIpc) is 2.38. The fourth-order valence-electron chi connectivity index (χ4n) is 2.35. The average molecular weight is 281 g/mol. The number of aromatic nitrogens is 1. The van der Waals surface area contributed by atoms with Crippen LogP contribution in [0.2, 0.25) is 5.02 Å². The smallest absolute Gasteiger partial charge is 0.0754 e. The molecular weight excluding hydrogens is 267 g/mol. The van der Waals surface area contributed by atoms with Crippen LogP contribution in [0.3, 0.4) is 0 Å². The summed E-state index contributed by atoms with van der Waals surface area (Å²) in [6.45, 7) is 0.982. The van der Waals surface area contributed by atoms with Crippen LogP contribution in [0.15, 0.2) is 42.6 Å². The Morgan fingerprint density at radius 3 is 2.89 bits per heavy atom. The normalized spacial score (nSPS) is 17.7. The number of halogens is 2. The van der Waals surface area contributed by atoms with Crippen LogP contribution in [-0.2, 0) is 6.42 Å². The Morgan fingerprint density at radius 2 is 2.06 bits per heavy atom. The van der Waals surface area contributed by atoms with Crippen molar-refractivity contribution in [3.05, 3.63) is 64.4 Å². The molecule has 0 bridgehead atoms. The van der Waals surface area contributed by atoms with Crippen molar-refractivity contribution in [1.29, 1.82) is 0 Å². The molecule has 0 spiro atoms. The van der Waals surface area contributed by atoms with Crippen LogP contribution in [0.25, 0.3) is 0 Å². The van der Waals surface area contributed by atoms with Gasteiger partial charge in [-0.3, -0.25) is 4.98 Å². The van der Waals surface area contributed by atoms with Crippen molar-refractivity contribution in [1.82, 2.24) is 10.3 Å². The first-order valence-corrected chi connectivity index (χ1v) is 6.15. The summed E-state index contributed by atoms with van der Waals surface area (Å²) in [7, 11) is 0. The topological polar surface area (TPSA) is 24.9 Å². The largest absolute Gasteiger partial charge is 0.305 e. The summed E-state index contributed by atoms with van der Waals surface area (Å²) in [6.07, 6.45) is 2.84. The molecule has 1 unspecified atom stereocenters. The van der Waals surface area contributed by atoms with E-state index in [4.69, 9.17) is 11.6 Å². The number of pyridine rings is 1. The van der Waals surface area contributed by atoms with E-state index >= 15 is 0 Å². The lowest BCUT2D eigenvalue weighted by Crippen LogP contribution is -2.31. The molecule has 1 aromatic carbocycles. The zero-order valence-electron chi connectivity index (χ0n) is 9.77. The Kier molecular flexibility index (Phi) is 4.23. The Bertz CT molecular complexity index is 543. The number of benzene rings is 1. The molecule has 94 valence electrons. The van der Waals surface area contributed by atoms with Gasteiger partial charge in [0.25, 0.3) is 0 Å². The van der Waals surface area contributed by atoms with E-state index in [2.05, 4.69) is 34.6 Å². The summed E-state index contributed by atoms with van der Waals surface area (Å²) < 4.78 is 0. The van der Waals surface area contributed by atoms with Gasteiger partial charge in [0.1, 0.15) is 0 Å². The second kappa shape index (κ2) is 5.70. The highest BCUT2D eigenvalue weighted by Gasteiger charge is 2.21. The van der Waals surface area contributed by atoms with Gasteiger partial charge in [0, 0.05) is 17.8 Å². The molecule has 0 aliphatic carbocycles. The minimum absolute atomic E-state index is 0. The van der Waals surface area contributed by atoms with Crippen molar-refractivity contribution in [2.75, 3.05) is 6.54 Å². The first-order valence-electron chi connectivity index (χ1n) is 5.77. The maximum Gasteiger partial charge on any atom is 0.0754 e. The van der Waals surface area contributed by atoms with Crippen LogP contribution in [0.1, 0.15) is 22.9 Å². The van der Waals surface area contributed by atoms with Crippen molar-refractivity contribution in [2.45, 2.75) is 12.5 Å². The summed E-state index contributed by atoms with van der Waals surface area (Å²) in [5.41, 5.74) is 3.70. The van der Waals surface area contributed by atoms with Crippen LogP contribution in [0, 0.1) is 0 Å². The van der Waals surface area contributed by atoms with Crippen molar-refractivity contribution < 1.29 is 0 Å². The van der Waals surface area contributed by atoms with Gasteiger partial charge in [-0.2, -0.15) is 0 Å². The number of nitrogens with one attached hydrogen (secondary N) is 1. The number of nitrogens with zero attached hydrogens (tertiary/aromatic N) is 1. The predicted molar refractivity (Wildman–Crippen MR) is 76.5 cm³/mol. The molecule has 0 fully saturated rings. The van der Waals surface area contributed by atoms with Crippen LogP contribution in [0.5, 0.6) is 0 Å². The quantitative estimate of drug-likeness (QED) is 0.866. The first-order chi connectivity index (χ1) is 8.34. The zero-order valence-corrected chi connectivity index (χ0v) is 11.3. The van der Waals surface area contributed by atoms with E-state index in [0.717, 1.165) is 23.7 Å². The molecule has 18 heavy (non-hydrogen) atoms. The van der Waals surface area contributed by atoms with Gasteiger partial charge in [-0.05, 0) is 29.7 Å². The fourth-order valence-corrected chi connectivity index (χ4v) is 2.52. The van der Waals surface area contributed by atoms with Crippen molar-refractivity contribution in [3.8, 4) is 0 Å². The fraction of sp³-hybridized carbons (Fsp3) is 0.214. The van der Waals surface area contributed by atoms with E-state index in [1.165, 1.54) is 11.1 Å². The third kappa shape index (κ3) is 2.51. The number of hydrogen-bond acceptors (Lipinski definition) is 2. The summed E-state index contributed by atoms with van der Waals surface area (Å²) in [5.74, 6) is 0. The Hall–Kier alpha value is -1.09. The van der Waals surface area contributed by atoms with E-state index in [0.29, 0.717) is 0 Å². The number of fused-ring (bicyclic) bond motifs is 1. The monoisotopic (exact) mass is 280 g/mol. The molecule has 1 aliphatic heterocycles. The van der Waals surface area contributed by atoms with Crippen LogP contribution in [-0.4, -0.2) is 11.5 Å². The Balaban J connectivity index is 0.00000120. The van der Waals surface area contributed by atoms with Gasteiger partial charge < -0.3 is 5.32 Å². The molecule has 1 atom stereocenters. The minimum Gasteiger partial charge on any atom is -0.305 e. The van der Waals surface area contributed by atoms with Gasteiger partial charge in [-0.25, -0.2) is 0 Å². The highest BCUT2D eigenvalue weighted by atomic mass is 35.5. The van der Waals surface area contributed by atoms with E-state index in [1.54, 1.807) is 12.3 Å². The zero-order chi connectivity index (χ0) is 11.7. The molecule has 1 aliphatic rings. The third-order valence-corrected chi connectivity index (χ3v) is 3.38. The van der Waals surface area contributed by atoms with Gasteiger partial charge in [0.05, 0.1) is 11.7 Å². The van der Waals surface area contributed by atoms with Gasteiger partial charge in [0.15, 0.2) is 0 Å². The highest BCUT2D eigenvalue weighted by Crippen LogP contribution is 2.28. The van der Waals surface area contributed by atoms with E-state index in [9.17, 15) is 0 Å². The predicted octanol–water partition coefficient (Wildman–Crippen LogP) is 3.39. The maximum atomic E-state index is 6.02. The molecule has 0 amide bonds. The molecule has 0 radical (unpaired) electrons. The SMILES string of the molecule is Cl.Clc1ccnc(C2NCCc3ccccc32)c1. The lowest BCUT2D eigenvalue weighted by atomic mass is 9.92. The molecule has 0 saturated heterocycles.